The fourth-order valence-corrected chi connectivity index (χ4v) is 2.82. The van der Waals surface area contributed by atoms with E-state index in [-0.39, 0.29) is 24.0 Å². The Morgan fingerprint density at radius 2 is 1.92 bits per heavy atom. The summed E-state index contributed by atoms with van der Waals surface area (Å²) in [6.45, 7) is 14.4. The van der Waals surface area contributed by atoms with Crippen molar-refractivity contribution < 1.29 is 4.74 Å². The molecule has 0 saturated carbocycles. The molecule has 0 aliphatic carbocycles. The number of pyridine rings is 1. The highest BCUT2D eigenvalue weighted by molar-refractivity contribution is 14.0. The van der Waals surface area contributed by atoms with Crippen LogP contribution in [0, 0.1) is 0 Å². The van der Waals surface area contributed by atoms with Crippen LogP contribution in [0.1, 0.15) is 46.6 Å². The van der Waals surface area contributed by atoms with Gasteiger partial charge in [0.25, 0.3) is 0 Å². The highest BCUT2D eigenvalue weighted by atomic mass is 127. The summed E-state index contributed by atoms with van der Waals surface area (Å²) in [7, 11) is 1.63. The van der Waals surface area contributed by atoms with Gasteiger partial charge in [-0.3, -0.25) is 4.90 Å². The minimum Gasteiger partial charge on any atom is -0.481 e. The van der Waals surface area contributed by atoms with Crippen molar-refractivity contribution in [3.63, 3.8) is 0 Å². The molecule has 0 bridgehead atoms. The highest BCUT2D eigenvalue weighted by Gasteiger charge is 2.12. The number of nitrogens with one attached hydrogen (secondary N) is 2. The van der Waals surface area contributed by atoms with E-state index in [1.165, 1.54) is 0 Å². The molecule has 26 heavy (non-hydrogen) atoms. The first-order valence-corrected chi connectivity index (χ1v) is 9.25. The van der Waals surface area contributed by atoms with Crippen LogP contribution in [0.5, 0.6) is 5.88 Å². The molecule has 1 aromatic heterocycles. The third-order valence-corrected chi connectivity index (χ3v) is 4.01. The summed E-state index contributed by atoms with van der Waals surface area (Å²) in [5.74, 6) is 1.46. The Balaban J connectivity index is 0.00000625. The molecule has 0 radical (unpaired) electrons. The molecular weight excluding hydrogens is 441 g/mol. The summed E-state index contributed by atoms with van der Waals surface area (Å²) in [4.78, 5) is 11.4. The number of nitrogens with zero attached hydrogens (tertiary/aromatic N) is 3. The normalized spacial score (nSPS) is 11.7. The van der Waals surface area contributed by atoms with Gasteiger partial charge in [-0.25, -0.2) is 9.98 Å². The molecule has 1 heterocycles. The molecule has 0 fully saturated rings. The monoisotopic (exact) mass is 477 g/mol. The van der Waals surface area contributed by atoms with Gasteiger partial charge in [-0.15, -0.1) is 24.0 Å². The summed E-state index contributed by atoms with van der Waals surface area (Å²) < 4.78 is 5.28. The Bertz CT molecular complexity index is 514. The van der Waals surface area contributed by atoms with Gasteiger partial charge in [0.15, 0.2) is 5.96 Å². The largest absolute Gasteiger partial charge is 0.481 e. The van der Waals surface area contributed by atoms with Gasteiger partial charge >= 0.3 is 0 Å². The van der Waals surface area contributed by atoms with E-state index in [2.05, 4.69) is 60.1 Å². The van der Waals surface area contributed by atoms with E-state index >= 15 is 0 Å². The molecule has 2 N–H and O–H groups in total. The lowest BCUT2D eigenvalue weighted by molar-refractivity contribution is 0.173. The van der Waals surface area contributed by atoms with Crippen molar-refractivity contribution in [2.45, 2.75) is 59.7 Å². The third kappa shape index (κ3) is 9.02. The number of ether oxygens (including phenoxy) is 1. The Labute approximate surface area is 176 Å². The summed E-state index contributed by atoms with van der Waals surface area (Å²) in [5, 5.41) is 6.70. The summed E-state index contributed by atoms with van der Waals surface area (Å²) in [6.07, 6.45) is 2.81. The van der Waals surface area contributed by atoms with Crippen LogP contribution in [0.25, 0.3) is 0 Å². The Morgan fingerprint density at radius 1 is 1.23 bits per heavy atom. The van der Waals surface area contributed by atoms with Crippen molar-refractivity contribution in [3.8, 4) is 5.88 Å². The zero-order valence-electron chi connectivity index (χ0n) is 17.1. The van der Waals surface area contributed by atoms with Crippen LogP contribution in [0.2, 0.25) is 0 Å². The van der Waals surface area contributed by atoms with Gasteiger partial charge in [0, 0.05) is 43.5 Å². The average Bonchev–Trinajstić information content (AvgIpc) is 2.58. The first kappa shape index (κ1) is 24.9. The van der Waals surface area contributed by atoms with Crippen molar-refractivity contribution in [2.24, 2.45) is 4.99 Å². The first-order valence-electron chi connectivity index (χ1n) is 9.25. The molecule has 0 aromatic carbocycles. The van der Waals surface area contributed by atoms with Gasteiger partial charge in [0.1, 0.15) is 0 Å². The molecule has 0 atom stereocenters. The van der Waals surface area contributed by atoms with E-state index in [0.29, 0.717) is 24.5 Å². The SMILES string of the molecule is CCNC(=NCc1cccnc1OC)NCCCN(C(C)C)C(C)C.I. The summed E-state index contributed by atoms with van der Waals surface area (Å²) in [5.41, 5.74) is 0.980. The van der Waals surface area contributed by atoms with E-state index in [1.54, 1.807) is 13.3 Å². The number of guanidine groups is 1. The van der Waals surface area contributed by atoms with Crippen LogP contribution in [-0.2, 0) is 6.54 Å². The van der Waals surface area contributed by atoms with Gasteiger partial charge < -0.3 is 15.4 Å². The van der Waals surface area contributed by atoms with Crippen LogP contribution in [0.15, 0.2) is 23.3 Å². The summed E-state index contributed by atoms with van der Waals surface area (Å²) >= 11 is 0. The van der Waals surface area contributed by atoms with Crippen molar-refractivity contribution in [2.75, 3.05) is 26.7 Å². The molecule has 0 spiro atoms. The maximum atomic E-state index is 5.28. The number of halogens is 1. The molecular formula is C19H36IN5O. The van der Waals surface area contributed by atoms with Crippen molar-refractivity contribution in [1.82, 2.24) is 20.5 Å². The second kappa shape index (κ2) is 14.0. The van der Waals surface area contributed by atoms with Gasteiger partial charge in [-0.05, 0) is 47.1 Å². The molecule has 0 unspecified atom stereocenters. The second-order valence-corrected chi connectivity index (χ2v) is 6.57. The number of aromatic nitrogens is 1. The lowest BCUT2D eigenvalue weighted by Crippen LogP contribution is -2.41. The molecule has 0 aliphatic rings. The maximum Gasteiger partial charge on any atom is 0.218 e. The zero-order chi connectivity index (χ0) is 18.7. The standard InChI is InChI=1S/C19H35N5O.HI/c1-7-20-19(22-12-9-13-24(15(2)3)16(4)5)23-14-17-10-8-11-21-18(17)25-6;/h8,10-11,15-16H,7,9,12-14H2,1-6H3,(H2,20,22,23);1H. The van der Waals surface area contributed by atoms with Crippen molar-refractivity contribution in [1.29, 1.82) is 0 Å². The van der Waals surface area contributed by atoms with Gasteiger partial charge in [0.05, 0.1) is 13.7 Å². The quantitative estimate of drug-likeness (QED) is 0.235. The van der Waals surface area contributed by atoms with Crippen LogP contribution in [-0.4, -0.2) is 54.7 Å². The number of rotatable bonds is 10. The van der Waals surface area contributed by atoms with Gasteiger partial charge in [-0.2, -0.15) is 0 Å². The second-order valence-electron chi connectivity index (χ2n) is 6.57. The number of aliphatic imine (C=N–C) groups is 1. The fraction of sp³-hybridized carbons (Fsp3) is 0.684. The van der Waals surface area contributed by atoms with Crippen LogP contribution in [0.3, 0.4) is 0 Å². The van der Waals surface area contributed by atoms with E-state index in [0.717, 1.165) is 37.6 Å². The molecule has 0 saturated heterocycles. The molecule has 1 aromatic rings. The van der Waals surface area contributed by atoms with E-state index in [9.17, 15) is 0 Å². The molecule has 150 valence electrons. The Kier molecular flexibility index (Phi) is 13.4. The maximum absolute atomic E-state index is 5.28. The highest BCUT2D eigenvalue weighted by Crippen LogP contribution is 2.14. The molecule has 1 rings (SSSR count). The molecule has 0 aliphatic heterocycles. The van der Waals surface area contributed by atoms with Crippen LogP contribution >= 0.6 is 24.0 Å². The number of hydrogen-bond acceptors (Lipinski definition) is 4. The zero-order valence-corrected chi connectivity index (χ0v) is 19.4. The van der Waals surface area contributed by atoms with E-state index in [1.807, 2.05) is 12.1 Å². The molecule has 7 heteroatoms. The molecule has 0 amide bonds. The first-order chi connectivity index (χ1) is 12.0. The topological polar surface area (TPSA) is 61.8 Å². The summed E-state index contributed by atoms with van der Waals surface area (Å²) in [6, 6.07) is 5.03. The predicted molar refractivity (Wildman–Crippen MR) is 121 cm³/mol. The van der Waals surface area contributed by atoms with E-state index < -0.39 is 0 Å². The predicted octanol–water partition coefficient (Wildman–Crippen LogP) is 3.27. The fourth-order valence-electron chi connectivity index (χ4n) is 2.82. The lowest BCUT2D eigenvalue weighted by Gasteiger charge is -2.30. The van der Waals surface area contributed by atoms with Crippen molar-refractivity contribution in [3.05, 3.63) is 23.9 Å². The van der Waals surface area contributed by atoms with E-state index in [4.69, 9.17) is 4.74 Å². The van der Waals surface area contributed by atoms with Crippen LogP contribution in [0.4, 0.5) is 0 Å². The number of methoxy groups -OCH3 is 1. The lowest BCUT2D eigenvalue weighted by atomic mass is 10.2. The number of hydrogen-bond donors (Lipinski definition) is 2. The van der Waals surface area contributed by atoms with Crippen molar-refractivity contribution >= 4 is 29.9 Å². The van der Waals surface area contributed by atoms with Gasteiger partial charge in [-0.1, -0.05) is 6.07 Å². The Hall–Kier alpha value is -1.09. The smallest absolute Gasteiger partial charge is 0.218 e. The average molecular weight is 477 g/mol. The third-order valence-electron chi connectivity index (χ3n) is 4.01. The Morgan fingerprint density at radius 3 is 2.50 bits per heavy atom. The van der Waals surface area contributed by atoms with Crippen LogP contribution < -0.4 is 15.4 Å². The minimum atomic E-state index is 0. The minimum absolute atomic E-state index is 0. The molecule has 6 nitrogen and oxygen atoms in total. The van der Waals surface area contributed by atoms with Gasteiger partial charge in [0.2, 0.25) is 5.88 Å².